The van der Waals surface area contributed by atoms with Gasteiger partial charge in [0.05, 0.1) is 10.9 Å². The van der Waals surface area contributed by atoms with Gasteiger partial charge in [-0.3, -0.25) is 14.9 Å². The summed E-state index contributed by atoms with van der Waals surface area (Å²) < 4.78 is 16.3. The van der Waals surface area contributed by atoms with Crippen molar-refractivity contribution >= 4 is 22.9 Å². The maximum absolute atomic E-state index is 12.3. The van der Waals surface area contributed by atoms with E-state index in [1.807, 2.05) is 0 Å². The summed E-state index contributed by atoms with van der Waals surface area (Å²) in [6.45, 7) is 3.58. The van der Waals surface area contributed by atoms with Gasteiger partial charge < -0.3 is 13.3 Å². The first-order valence-electron chi connectivity index (χ1n) is 7.76. The Kier molecular flexibility index (Phi) is 3.65. The Morgan fingerprint density at radius 3 is 2.62 bits per heavy atom. The number of rotatable bonds is 3. The lowest BCUT2D eigenvalue weighted by Gasteiger charge is -2.01. The number of carbonyl (C=O) groups is 1. The van der Waals surface area contributed by atoms with E-state index in [4.69, 9.17) is 13.3 Å². The lowest BCUT2D eigenvalue weighted by atomic mass is 10.2. The summed E-state index contributed by atoms with van der Waals surface area (Å²) in [5.41, 5.74) is 0.654. The average molecular weight is 351 g/mol. The molecule has 8 heteroatoms. The van der Waals surface area contributed by atoms with Gasteiger partial charge in [-0.15, -0.1) is 5.10 Å². The minimum Gasteiger partial charge on any atom is -0.466 e. The van der Waals surface area contributed by atoms with Crippen LogP contribution in [0.15, 0.2) is 54.4 Å². The number of furan rings is 1. The number of aryl methyl sites for hydroxylation is 2. The number of carbonyl (C=O) groups excluding carboxylic acids is 1. The predicted octanol–water partition coefficient (Wildman–Crippen LogP) is 3.31. The smallest absolute Gasteiger partial charge is 0.322 e. The molecular formula is C18H13N3O5. The van der Waals surface area contributed by atoms with Crippen molar-refractivity contribution in [1.82, 2.24) is 10.2 Å². The quantitative estimate of drug-likeness (QED) is 0.602. The van der Waals surface area contributed by atoms with Gasteiger partial charge in [0.1, 0.15) is 17.1 Å². The van der Waals surface area contributed by atoms with E-state index in [0.717, 1.165) is 6.07 Å². The van der Waals surface area contributed by atoms with E-state index in [1.54, 1.807) is 44.2 Å². The molecule has 1 aromatic carbocycles. The van der Waals surface area contributed by atoms with E-state index < -0.39 is 5.91 Å². The molecular weight excluding hydrogens is 338 g/mol. The summed E-state index contributed by atoms with van der Waals surface area (Å²) in [5, 5.41) is 10.5. The Balaban J connectivity index is 1.61. The van der Waals surface area contributed by atoms with Crippen LogP contribution in [0.1, 0.15) is 22.1 Å². The molecule has 0 aliphatic heterocycles. The monoisotopic (exact) mass is 351 g/mol. The van der Waals surface area contributed by atoms with E-state index >= 15 is 0 Å². The first kappa shape index (κ1) is 15.8. The molecule has 0 unspecified atom stereocenters. The topological polar surface area (TPSA) is 111 Å². The van der Waals surface area contributed by atoms with Crippen LogP contribution in [0.5, 0.6) is 0 Å². The molecule has 0 radical (unpaired) electrons. The van der Waals surface area contributed by atoms with Gasteiger partial charge in [0.15, 0.2) is 11.2 Å². The highest BCUT2D eigenvalue weighted by molar-refractivity contribution is 6.01. The fourth-order valence-electron chi connectivity index (χ4n) is 2.60. The third-order valence-electron chi connectivity index (χ3n) is 3.78. The normalized spacial score (nSPS) is 11.0. The number of nitrogens with zero attached hydrogens (tertiary/aromatic N) is 2. The molecule has 0 aliphatic rings. The number of fused-ring (bicyclic) bond motifs is 1. The fraction of sp³-hybridized carbons (Fsp3) is 0.111. The number of nitrogens with one attached hydrogen (secondary N) is 1. The number of hydrogen-bond acceptors (Lipinski definition) is 7. The van der Waals surface area contributed by atoms with Crippen molar-refractivity contribution in [3.05, 3.63) is 63.9 Å². The molecule has 1 amide bonds. The number of hydrogen-bond donors (Lipinski definition) is 1. The summed E-state index contributed by atoms with van der Waals surface area (Å²) in [6, 6.07) is 9.45. The van der Waals surface area contributed by atoms with Crippen LogP contribution in [0.4, 0.5) is 6.01 Å². The van der Waals surface area contributed by atoms with Gasteiger partial charge >= 0.3 is 6.01 Å². The van der Waals surface area contributed by atoms with E-state index in [1.165, 1.54) is 0 Å². The Morgan fingerprint density at radius 1 is 1.04 bits per heavy atom. The lowest BCUT2D eigenvalue weighted by molar-refractivity contribution is 0.0994. The highest BCUT2D eigenvalue weighted by Crippen LogP contribution is 2.26. The molecule has 1 N–H and O–H groups in total. The molecule has 0 fully saturated rings. The maximum Gasteiger partial charge on any atom is 0.322 e. The van der Waals surface area contributed by atoms with Gasteiger partial charge in [0, 0.05) is 6.07 Å². The predicted molar refractivity (Wildman–Crippen MR) is 91.9 cm³/mol. The van der Waals surface area contributed by atoms with Crippen molar-refractivity contribution in [1.29, 1.82) is 0 Å². The minimum absolute atomic E-state index is 0.112. The number of benzene rings is 1. The van der Waals surface area contributed by atoms with Gasteiger partial charge in [-0.25, -0.2) is 0 Å². The summed E-state index contributed by atoms with van der Waals surface area (Å²) in [7, 11) is 0. The molecule has 8 nitrogen and oxygen atoms in total. The summed E-state index contributed by atoms with van der Waals surface area (Å²) in [4.78, 5) is 24.4. The van der Waals surface area contributed by atoms with Crippen LogP contribution in [-0.4, -0.2) is 16.1 Å². The first-order chi connectivity index (χ1) is 12.5. The zero-order chi connectivity index (χ0) is 18.3. The van der Waals surface area contributed by atoms with Crippen LogP contribution in [0.3, 0.4) is 0 Å². The third-order valence-corrected chi connectivity index (χ3v) is 3.78. The van der Waals surface area contributed by atoms with Crippen LogP contribution in [0.2, 0.25) is 0 Å². The second-order valence-corrected chi connectivity index (χ2v) is 5.66. The van der Waals surface area contributed by atoms with Crippen LogP contribution in [-0.2, 0) is 0 Å². The molecule has 130 valence electrons. The first-order valence-corrected chi connectivity index (χ1v) is 7.76. The number of amides is 1. The summed E-state index contributed by atoms with van der Waals surface area (Å²) in [6.07, 6.45) is 0. The van der Waals surface area contributed by atoms with Gasteiger partial charge in [-0.05, 0) is 32.0 Å². The van der Waals surface area contributed by atoms with Crippen molar-refractivity contribution in [3.8, 4) is 11.5 Å². The average Bonchev–Trinajstić information content (AvgIpc) is 3.20. The number of para-hydroxylation sites is 1. The Morgan fingerprint density at radius 2 is 1.85 bits per heavy atom. The van der Waals surface area contributed by atoms with Crippen molar-refractivity contribution in [2.24, 2.45) is 0 Å². The zero-order valence-corrected chi connectivity index (χ0v) is 13.9. The van der Waals surface area contributed by atoms with Crippen LogP contribution in [0, 0.1) is 13.8 Å². The Labute approximate surface area is 146 Å². The van der Waals surface area contributed by atoms with Crippen LogP contribution >= 0.6 is 0 Å². The Bertz CT molecular complexity index is 1180. The van der Waals surface area contributed by atoms with Crippen molar-refractivity contribution in [3.63, 3.8) is 0 Å². The highest BCUT2D eigenvalue weighted by Gasteiger charge is 2.18. The minimum atomic E-state index is -0.664. The third kappa shape index (κ3) is 2.77. The number of aromatic nitrogens is 2. The lowest BCUT2D eigenvalue weighted by Crippen LogP contribution is -2.15. The second kappa shape index (κ2) is 5.99. The second-order valence-electron chi connectivity index (χ2n) is 5.66. The largest absolute Gasteiger partial charge is 0.466 e. The number of anilines is 1. The van der Waals surface area contributed by atoms with Gasteiger partial charge in [-0.1, -0.05) is 17.2 Å². The molecule has 3 aromatic heterocycles. The molecule has 0 bridgehead atoms. The summed E-state index contributed by atoms with van der Waals surface area (Å²) >= 11 is 0. The van der Waals surface area contributed by atoms with Crippen molar-refractivity contribution in [2.75, 3.05) is 5.32 Å². The molecule has 4 aromatic rings. The van der Waals surface area contributed by atoms with E-state index in [2.05, 4.69) is 15.5 Å². The molecule has 4 rings (SSSR count). The molecule has 0 saturated heterocycles. The highest BCUT2D eigenvalue weighted by atomic mass is 16.4. The maximum atomic E-state index is 12.3. The molecule has 0 spiro atoms. The standard InChI is InChI=1S/C18H13N3O5/c1-9-7-12(10(2)24-9)17-20-21-18(26-17)19-16(23)15-8-13(22)11-5-3-4-6-14(11)25-15/h3-8H,1-2H3,(H,19,21,23). The SMILES string of the molecule is Cc1cc(-c2nnc(NC(=O)c3cc(=O)c4ccccc4o3)o2)c(C)o1. The van der Waals surface area contributed by atoms with E-state index in [0.29, 0.717) is 28.1 Å². The van der Waals surface area contributed by atoms with E-state index in [9.17, 15) is 9.59 Å². The van der Waals surface area contributed by atoms with Crippen LogP contribution in [0.25, 0.3) is 22.4 Å². The molecule has 0 saturated carbocycles. The zero-order valence-electron chi connectivity index (χ0n) is 13.9. The van der Waals surface area contributed by atoms with Gasteiger partial charge in [0.2, 0.25) is 0 Å². The van der Waals surface area contributed by atoms with Crippen LogP contribution < -0.4 is 10.7 Å². The van der Waals surface area contributed by atoms with E-state index in [-0.39, 0.29) is 23.1 Å². The molecule has 0 aliphatic carbocycles. The Hall–Kier alpha value is -3.68. The fourth-order valence-corrected chi connectivity index (χ4v) is 2.60. The van der Waals surface area contributed by atoms with Crippen molar-refractivity contribution in [2.45, 2.75) is 13.8 Å². The van der Waals surface area contributed by atoms with Gasteiger partial charge in [0.25, 0.3) is 11.8 Å². The van der Waals surface area contributed by atoms with Crippen molar-refractivity contribution < 1.29 is 18.0 Å². The molecule has 0 atom stereocenters. The van der Waals surface area contributed by atoms with Gasteiger partial charge in [-0.2, -0.15) is 0 Å². The molecule has 3 heterocycles. The summed E-state index contributed by atoms with van der Waals surface area (Å²) in [5.74, 6) is 0.741. The molecule has 26 heavy (non-hydrogen) atoms.